The number of aryl methyl sites for hydroxylation is 1. The maximum atomic E-state index is 14.5. The van der Waals surface area contributed by atoms with Gasteiger partial charge in [0.2, 0.25) is 5.95 Å². The van der Waals surface area contributed by atoms with Crippen LogP contribution in [-0.4, -0.2) is 72.8 Å². The van der Waals surface area contributed by atoms with Crippen LogP contribution in [0.4, 0.5) is 37.6 Å². The predicted molar refractivity (Wildman–Crippen MR) is 272 cm³/mol. The van der Waals surface area contributed by atoms with Crippen LogP contribution < -0.4 is 30.7 Å². The Bertz CT molecular complexity index is 2250. The zero-order valence-corrected chi connectivity index (χ0v) is 40.8. The summed E-state index contributed by atoms with van der Waals surface area (Å²) in [6.07, 6.45) is 21.4. The number of rotatable bonds is 12. The van der Waals surface area contributed by atoms with E-state index < -0.39 is 11.6 Å². The first kappa shape index (κ1) is 47.6. The molecular formula is C55H77F2N9. The van der Waals surface area contributed by atoms with E-state index in [0.29, 0.717) is 41.6 Å². The van der Waals surface area contributed by atoms with Crippen LogP contribution in [0.5, 0.6) is 0 Å². The number of halogens is 2. The molecule has 66 heavy (non-hydrogen) atoms. The smallest absolute Gasteiger partial charge is 0.229 e. The Morgan fingerprint density at radius 1 is 0.894 bits per heavy atom. The number of allylic oxidation sites excluding steroid dienone is 2. The molecule has 2 aromatic carbocycles. The predicted octanol–water partition coefficient (Wildman–Crippen LogP) is 12.3. The molecule has 3 N–H and O–H groups in total. The SMILES string of the molecule is C=C(NC1(CCC)CCC2(CCN(C)CC2)C1)c1ccc(Nc2ncc3c(n2)N(C2CCCC2)C(CC)C(=C)N3C)c(CC)c1.C=C1CCC(c2c(F)cc(N3CCCC3)cc2F)C(=C)N1. The first-order chi connectivity index (χ1) is 31.8. The maximum absolute atomic E-state index is 14.5. The van der Waals surface area contributed by atoms with Gasteiger partial charge in [-0.3, -0.25) is 0 Å². The molecule has 5 fully saturated rings. The molecule has 2 aliphatic carbocycles. The zero-order valence-electron chi connectivity index (χ0n) is 40.8. The normalized spacial score (nSPS) is 24.3. The highest BCUT2D eigenvalue weighted by Gasteiger charge is 2.48. The lowest BCUT2D eigenvalue weighted by molar-refractivity contribution is 0.117. The number of nitrogens with one attached hydrogen (secondary N) is 3. The minimum absolute atomic E-state index is 0.128. The summed E-state index contributed by atoms with van der Waals surface area (Å²) in [4.78, 5) is 19.3. The Morgan fingerprint density at radius 3 is 2.26 bits per heavy atom. The number of hydrogen-bond acceptors (Lipinski definition) is 9. The Morgan fingerprint density at radius 2 is 1.61 bits per heavy atom. The van der Waals surface area contributed by atoms with Gasteiger partial charge in [-0.15, -0.1) is 0 Å². The van der Waals surface area contributed by atoms with Crippen molar-refractivity contribution in [3.63, 3.8) is 0 Å². The first-order valence-electron chi connectivity index (χ1n) is 25.3. The summed E-state index contributed by atoms with van der Waals surface area (Å²) in [7, 11) is 4.37. The number of piperidine rings is 2. The third kappa shape index (κ3) is 9.88. The lowest BCUT2D eigenvalue weighted by Crippen LogP contribution is -2.50. The quantitative estimate of drug-likeness (QED) is 0.165. The number of likely N-dealkylation sites (N-methyl/N-ethyl adjacent to an activating group) is 1. The Labute approximate surface area is 394 Å². The maximum Gasteiger partial charge on any atom is 0.229 e. The molecule has 4 aliphatic heterocycles. The van der Waals surface area contributed by atoms with E-state index in [0.717, 1.165) is 73.1 Å². The Hall–Kier alpha value is -4.90. The van der Waals surface area contributed by atoms with E-state index in [-0.39, 0.29) is 23.1 Å². The molecule has 1 aromatic heterocycles. The number of fused-ring (bicyclic) bond motifs is 1. The second-order valence-electron chi connectivity index (χ2n) is 20.5. The number of nitrogens with zero attached hydrogens (tertiary/aromatic N) is 6. The van der Waals surface area contributed by atoms with Crippen LogP contribution in [-0.2, 0) is 6.42 Å². The molecule has 5 heterocycles. The summed E-state index contributed by atoms with van der Waals surface area (Å²) in [6.45, 7) is 27.8. The second-order valence-corrected chi connectivity index (χ2v) is 20.5. The van der Waals surface area contributed by atoms with Gasteiger partial charge in [0.05, 0.1) is 12.2 Å². The molecule has 11 heteroatoms. The highest BCUT2D eigenvalue weighted by atomic mass is 19.1. The molecule has 3 aromatic rings. The zero-order chi connectivity index (χ0) is 46.8. The number of hydrogen-bond donors (Lipinski definition) is 3. The van der Waals surface area contributed by atoms with Crippen molar-refractivity contribution in [2.75, 3.05) is 60.3 Å². The lowest BCUT2D eigenvalue weighted by Gasteiger charge is -2.46. The average Bonchev–Trinajstić information content (AvgIpc) is 4.11. The van der Waals surface area contributed by atoms with Crippen molar-refractivity contribution < 1.29 is 8.78 Å². The van der Waals surface area contributed by atoms with Crippen LogP contribution in [0.2, 0.25) is 0 Å². The van der Waals surface area contributed by atoms with E-state index in [1.807, 2.05) is 11.1 Å². The van der Waals surface area contributed by atoms with Gasteiger partial charge in [0, 0.05) is 77.4 Å². The minimum Gasteiger partial charge on any atom is -0.380 e. The summed E-state index contributed by atoms with van der Waals surface area (Å²) in [5.74, 6) is 0.412. The van der Waals surface area contributed by atoms with E-state index in [4.69, 9.17) is 9.97 Å². The molecular weight excluding hydrogens is 825 g/mol. The summed E-state index contributed by atoms with van der Waals surface area (Å²) in [5, 5.41) is 10.7. The fraction of sp³-hybridized carbons (Fsp3) is 0.564. The standard InChI is InChI=1S/C38H57N7.C17H20F2N2/c1-8-17-38(19-18-37(26-38)20-22-43(6)23-21-37)42-27(4)30-15-16-32(29(9-2)24-30)40-36-39-25-34-35(41-36)45(31-13-11-12-14-31)33(10-3)28(5)44(34)7;1-11-5-6-14(12(2)20-11)17-15(18)9-13(10-16(17)19)21-7-3-4-8-21/h15-16,24-25,31,33,42H,4-5,8-14,17-23,26H2,1-3,6-7H3,(H,39,40,41);9-10,14,20H,1-8H2. The van der Waals surface area contributed by atoms with Crippen LogP contribution >= 0.6 is 0 Å². The molecule has 1 spiro atoms. The Balaban J connectivity index is 0.000000235. The third-order valence-electron chi connectivity index (χ3n) is 16.1. The summed E-state index contributed by atoms with van der Waals surface area (Å²) in [6, 6.07) is 10.4. The highest BCUT2D eigenvalue weighted by molar-refractivity contribution is 5.76. The van der Waals surface area contributed by atoms with Crippen LogP contribution in [0.25, 0.3) is 5.70 Å². The number of likely N-dealkylation sites (tertiary alicyclic amines) is 1. The van der Waals surface area contributed by atoms with Crippen molar-refractivity contribution in [3.8, 4) is 0 Å². The molecule has 3 unspecified atom stereocenters. The largest absolute Gasteiger partial charge is 0.380 e. The van der Waals surface area contributed by atoms with Crippen LogP contribution in [0.3, 0.4) is 0 Å². The summed E-state index contributed by atoms with van der Waals surface area (Å²) < 4.78 is 28.9. The van der Waals surface area contributed by atoms with Gasteiger partial charge in [0.15, 0.2) is 5.82 Å². The van der Waals surface area contributed by atoms with Crippen LogP contribution in [0, 0.1) is 17.0 Å². The molecule has 9 rings (SSSR count). The molecule has 0 bridgehead atoms. The van der Waals surface area contributed by atoms with Gasteiger partial charge < -0.3 is 35.6 Å². The van der Waals surface area contributed by atoms with Crippen molar-refractivity contribution in [2.24, 2.45) is 5.41 Å². The third-order valence-corrected chi connectivity index (χ3v) is 16.1. The molecule has 3 saturated heterocycles. The molecule has 356 valence electrons. The van der Waals surface area contributed by atoms with Gasteiger partial charge in [-0.1, -0.05) is 72.4 Å². The number of benzene rings is 2. The second kappa shape index (κ2) is 20.1. The fourth-order valence-electron chi connectivity index (χ4n) is 12.3. The average molecular weight is 902 g/mol. The Kier molecular flexibility index (Phi) is 14.5. The van der Waals surface area contributed by atoms with Gasteiger partial charge in [0.1, 0.15) is 17.3 Å². The van der Waals surface area contributed by atoms with Gasteiger partial charge in [-0.2, -0.15) is 4.98 Å². The molecule has 2 saturated carbocycles. The van der Waals surface area contributed by atoms with Gasteiger partial charge >= 0.3 is 0 Å². The van der Waals surface area contributed by atoms with Gasteiger partial charge in [-0.05, 0) is 151 Å². The van der Waals surface area contributed by atoms with E-state index in [1.54, 1.807) is 0 Å². The van der Waals surface area contributed by atoms with Crippen molar-refractivity contribution >= 4 is 34.5 Å². The fourth-order valence-corrected chi connectivity index (χ4v) is 12.3. The van der Waals surface area contributed by atoms with Gasteiger partial charge in [-0.25, -0.2) is 13.8 Å². The van der Waals surface area contributed by atoms with Crippen molar-refractivity contribution in [1.82, 2.24) is 25.5 Å². The van der Waals surface area contributed by atoms with Crippen molar-refractivity contribution in [1.29, 1.82) is 0 Å². The van der Waals surface area contributed by atoms with E-state index >= 15 is 0 Å². The minimum atomic E-state index is -0.475. The van der Waals surface area contributed by atoms with Gasteiger partial charge in [0.25, 0.3) is 0 Å². The molecule has 0 amide bonds. The monoisotopic (exact) mass is 902 g/mol. The van der Waals surface area contributed by atoms with E-state index in [1.165, 1.54) is 107 Å². The number of anilines is 5. The molecule has 3 atom stereocenters. The van der Waals surface area contributed by atoms with Crippen molar-refractivity contribution in [3.05, 3.63) is 108 Å². The lowest BCUT2D eigenvalue weighted by atomic mass is 9.75. The van der Waals surface area contributed by atoms with Crippen molar-refractivity contribution in [2.45, 2.75) is 153 Å². The first-order valence-corrected chi connectivity index (χ1v) is 25.3. The van der Waals surface area contributed by atoms with Crippen LogP contribution in [0.15, 0.2) is 79.9 Å². The van der Waals surface area contributed by atoms with Crippen LogP contribution in [0.1, 0.15) is 146 Å². The molecule has 9 nitrogen and oxygen atoms in total. The molecule has 6 aliphatic rings. The van der Waals surface area contributed by atoms with E-state index in [2.05, 4.69) is 110 Å². The summed E-state index contributed by atoms with van der Waals surface area (Å²) in [5.41, 5.74) is 9.64. The topological polar surface area (TPSA) is 74.8 Å². The highest BCUT2D eigenvalue weighted by Crippen LogP contribution is 2.53. The summed E-state index contributed by atoms with van der Waals surface area (Å²) >= 11 is 0. The molecule has 0 radical (unpaired) electrons. The van der Waals surface area contributed by atoms with E-state index in [9.17, 15) is 8.78 Å². The number of aromatic nitrogens is 2.